The van der Waals surface area contributed by atoms with E-state index in [4.69, 9.17) is 4.98 Å². The van der Waals surface area contributed by atoms with Gasteiger partial charge in [-0.3, -0.25) is 23.7 Å². The fourth-order valence-electron chi connectivity index (χ4n) is 5.78. The van der Waals surface area contributed by atoms with Crippen molar-refractivity contribution in [3.8, 4) is 0 Å². The molecule has 3 atom stereocenters. The molecule has 2 aromatic carbocycles. The number of aromatic nitrogens is 4. The van der Waals surface area contributed by atoms with Crippen molar-refractivity contribution in [2.24, 2.45) is 5.92 Å². The van der Waals surface area contributed by atoms with Crippen LogP contribution < -0.4 is 21.5 Å². The van der Waals surface area contributed by atoms with Gasteiger partial charge in [0.05, 0.1) is 6.54 Å². The summed E-state index contributed by atoms with van der Waals surface area (Å²) >= 11 is 0. The zero-order valence-corrected chi connectivity index (χ0v) is 21.0. The minimum Gasteiger partial charge on any atom is -0.338 e. The van der Waals surface area contributed by atoms with Crippen LogP contribution in [-0.4, -0.2) is 50.6 Å². The van der Waals surface area contributed by atoms with Gasteiger partial charge in [0.1, 0.15) is 11.9 Å². The highest BCUT2D eigenvalue weighted by Crippen LogP contribution is 2.34. The van der Waals surface area contributed by atoms with Crippen molar-refractivity contribution < 1.29 is 18.0 Å². The van der Waals surface area contributed by atoms with Crippen molar-refractivity contribution >= 4 is 22.9 Å². The summed E-state index contributed by atoms with van der Waals surface area (Å²) in [7, 11) is 0. The zero-order valence-electron chi connectivity index (χ0n) is 21.0. The number of halogens is 3. The molecule has 0 radical (unpaired) electrons. The normalized spacial score (nSPS) is 19.5. The van der Waals surface area contributed by atoms with E-state index in [-0.39, 0.29) is 41.0 Å². The van der Waals surface area contributed by atoms with Crippen LogP contribution in [0.25, 0.3) is 11.2 Å². The van der Waals surface area contributed by atoms with Gasteiger partial charge in [0.25, 0.3) is 5.56 Å². The minimum absolute atomic E-state index is 0.0398. The molecule has 2 aromatic heterocycles. The number of carbonyl (C=O) groups is 1. The molecule has 4 heterocycles. The number of hydrogen-bond donors (Lipinski definition) is 2. The summed E-state index contributed by atoms with van der Waals surface area (Å²) in [5.41, 5.74) is -1.54. The van der Waals surface area contributed by atoms with Crippen LogP contribution in [0, 0.1) is 23.4 Å². The van der Waals surface area contributed by atoms with Crippen LogP contribution in [0.1, 0.15) is 35.3 Å². The fourth-order valence-corrected chi connectivity index (χ4v) is 5.78. The highest BCUT2D eigenvalue weighted by molar-refractivity contribution is 5.99. The molecule has 2 fully saturated rings. The molecule has 3 unspecified atom stereocenters. The second-order valence-electron chi connectivity index (χ2n) is 10.0. The van der Waals surface area contributed by atoms with E-state index in [9.17, 15) is 27.6 Å². The van der Waals surface area contributed by atoms with Crippen LogP contribution >= 0.6 is 0 Å². The molecule has 0 aliphatic carbocycles. The number of aromatic amines is 1. The minimum atomic E-state index is -1.33. The number of fused-ring (bicyclic) bond motifs is 2. The highest BCUT2D eigenvalue weighted by atomic mass is 19.2. The Morgan fingerprint density at radius 1 is 1.08 bits per heavy atom. The highest BCUT2D eigenvalue weighted by Gasteiger charge is 2.40. The van der Waals surface area contributed by atoms with Crippen LogP contribution in [0.2, 0.25) is 0 Å². The maximum absolute atomic E-state index is 14.8. The molecule has 4 aromatic rings. The summed E-state index contributed by atoms with van der Waals surface area (Å²) in [6.07, 6.45) is 0.854. The lowest BCUT2D eigenvalue weighted by Crippen LogP contribution is -2.36. The van der Waals surface area contributed by atoms with Crippen molar-refractivity contribution in [3.63, 3.8) is 0 Å². The second-order valence-corrected chi connectivity index (χ2v) is 10.0. The van der Waals surface area contributed by atoms with Gasteiger partial charge >= 0.3 is 5.69 Å². The molecule has 6 rings (SSSR count). The van der Waals surface area contributed by atoms with E-state index in [1.165, 1.54) is 11.5 Å². The summed E-state index contributed by atoms with van der Waals surface area (Å²) in [6.45, 7) is 3.27. The van der Waals surface area contributed by atoms with Gasteiger partial charge in [-0.2, -0.15) is 4.98 Å². The maximum atomic E-state index is 14.8. The van der Waals surface area contributed by atoms with E-state index < -0.39 is 34.7 Å². The Balaban J connectivity index is 1.57. The SMILES string of the molecule is CC(C(=O)c1ccccc1)n1c(=O)[nH]c(=O)c2c1nc(N1CCC3CNCC31)n2Cc1cc(F)c(F)cc1F. The van der Waals surface area contributed by atoms with Crippen molar-refractivity contribution in [2.75, 3.05) is 24.5 Å². The molecule has 12 heteroatoms. The molecule has 9 nitrogen and oxygen atoms in total. The molecule has 0 amide bonds. The first-order valence-corrected chi connectivity index (χ1v) is 12.7. The van der Waals surface area contributed by atoms with Crippen LogP contribution in [0.4, 0.5) is 19.1 Å². The Kier molecular flexibility index (Phi) is 6.13. The average molecular weight is 539 g/mol. The van der Waals surface area contributed by atoms with Gasteiger partial charge in [-0.15, -0.1) is 0 Å². The number of ketones is 1. The predicted octanol–water partition coefficient (Wildman–Crippen LogP) is 2.59. The first kappa shape index (κ1) is 25.1. The first-order chi connectivity index (χ1) is 18.7. The van der Waals surface area contributed by atoms with Gasteiger partial charge in [-0.25, -0.2) is 18.0 Å². The van der Waals surface area contributed by atoms with Crippen molar-refractivity contribution in [1.82, 2.24) is 24.4 Å². The summed E-state index contributed by atoms with van der Waals surface area (Å²) < 4.78 is 45.0. The molecule has 0 bridgehead atoms. The number of hydrogen-bond acceptors (Lipinski definition) is 6. The number of imidazole rings is 1. The number of benzene rings is 2. The van der Waals surface area contributed by atoms with Gasteiger partial charge in [0.15, 0.2) is 28.6 Å². The van der Waals surface area contributed by atoms with E-state index in [0.29, 0.717) is 30.6 Å². The van der Waals surface area contributed by atoms with E-state index in [1.54, 1.807) is 30.3 Å². The number of rotatable bonds is 6. The fraction of sp³-hybridized carbons (Fsp3) is 0.333. The number of carbonyl (C=O) groups excluding carboxylic acids is 1. The summed E-state index contributed by atoms with van der Waals surface area (Å²) in [5.74, 6) is -3.29. The Bertz CT molecular complexity index is 1710. The summed E-state index contributed by atoms with van der Waals surface area (Å²) in [4.78, 5) is 48.5. The molecule has 202 valence electrons. The van der Waals surface area contributed by atoms with Crippen LogP contribution in [0.3, 0.4) is 0 Å². The van der Waals surface area contributed by atoms with E-state index in [0.717, 1.165) is 23.6 Å². The zero-order chi connectivity index (χ0) is 27.4. The second kappa shape index (κ2) is 9.53. The van der Waals surface area contributed by atoms with E-state index >= 15 is 0 Å². The monoisotopic (exact) mass is 538 g/mol. The lowest BCUT2D eigenvalue weighted by molar-refractivity contribution is 0.0934. The molecule has 2 saturated heterocycles. The van der Waals surface area contributed by atoms with Crippen molar-refractivity contribution in [2.45, 2.75) is 32.0 Å². The van der Waals surface area contributed by atoms with Crippen LogP contribution in [0.15, 0.2) is 52.1 Å². The van der Waals surface area contributed by atoms with Crippen LogP contribution in [0.5, 0.6) is 0 Å². The molecule has 2 aliphatic heterocycles. The van der Waals surface area contributed by atoms with Gasteiger partial charge < -0.3 is 10.2 Å². The smallest absolute Gasteiger partial charge is 0.330 e. The Morgan fingerprint density at radius 2 is 1.82 bits per heavy atom. The van der Waals surface area contributed by atoms with E-state index in [2.05, 4.69) is 10.3 Å². The van der Waals surface area contributed by atoms with E-state index in [1.807, 2.05) is 4.90 Å². The first-order valence-electron chi connectivity index (χ1n) is 12.7. The Labute approximate surface area is 219 Å². The standard InChI is InChI=1S/C27H25F3N6O3/c1-14(23(37)15-5-3-2-4-6-15)36-24-22(25(38)33-27(36)39)35(13-17-9-19(29)20(30)10-18(17)28)26(32-24)34-8-7-16-11-31-12-21(16)34/h2-6,9-10,14,16,21,31H,7-8,11-13H2,1H3,(H,33,38,39). The lowest BCUT2D eigenvalue weighted by atomic mass is 10.1. The Morgan fingerprint density at radius 3 is 2.59 bits per heavy atom. The molecular weight excluding hydrogens is 513 g/mol. The topological polar surface area (TPSA) is 105 Å². The van der Waals surface area contributed by atoms with Gasteiger partial charge in [0.2, 0.25) is 5.95 Å². The van der Waals surface area contributed by atoms with Crippen molar-refractivity contribution in [1.29, 1.82) is 0 Å². The third kappa shape index (κ3) is 4.15. The average Bonchev–Trinajstić information content (AvgIpc) is 3.62. The molecule has 2 N–H and O–H groups in total. The van der Waals surface area contributed by atoms with Gasteiger partial charge in [-0.05, 0) is 25.3 Å². The van der Waals surface area contributed by atoms with Gasteiger partial charge in [-0.1, -0.05) is 30.3 Å². The summed E-state index contributed by atoms with van der Waals surface area (Å²) in [6, 6.07) is 8.63. The molecular formula is C27H25F3N6O3. The maximum Gasteiger partial charge on any atom is 0.330 e. The third-order valence-corrected chi connectivity index (χ3v) is 7.76. The molecule has 0 saturated carbocycles. The molecule has 0 spiro atoms. The summed E-state index contributed by atoms with van der Waals surface area (Å²) in [5, 5.41) is 3.34. The number of anilines is 1. The van der Waals surface area contributed by atoms with Crippen molar-refractivity contribution in [3.05, 3.63) is 91.9 Å². The largest absolute Gasteiger partial charge is 0.338 e. The number of Topliss-reactive ketones (excluding diaryl/α,β-unsaturated/α-hetero) is 1. The number of nitrogens with zero attached hydrogens (tertiary/aromatic N) is 4. The van der Waals surface area contributed by atoms with Crippen LogP contribution in [-0.2, 0) is 6.54 Å². The number of H-pyrrole nitrogens is 1. The quantitative estimate of drug-likeness (QED) is 0.289. The molecule has 39 heavy (non-hydrogen) atoms. The predicted molar refractivity (Wildman–Crippen MR) is 138 cm³/mol. The van der Waals surface area contributed by atoms with Gasteiger partial charge in [0, 0.05) is 42.9 Å². The molecule has 2 aliphatic rings. The third-order valence-electron chi connectivity index (χ3n) is 7.76. The number of nitrogens with one attached hydrogen (secondary N) is 2. The lowest BCUT2D eigenvalue weighted by Gasteiger charge is -2.25. The Hall–Kier alpha value is -4.19.